The Morgan fingerprint density at radius 2 is 2.17 bits per heavy atom. The lowest BCUT2D eigenvalue weighted by Gasteiger charge is -2.36. The monoisotopic (exact) mass is 250 g/mol. The van der Waals surface area contributed by atoms with Gasteiger partial charge in [0.05, 0.1) is 12.1 Å². The maximum Gasteiger partial charge on any atom is 0.251 e. The number of rotatable bonds is 3. The molecular weight excluding hydrogens is 232 g/mol. The predicted octanol–water partition coefficient (Wildman–Crippen LogP) is 0.540. The van der Waals surface area contributed by atoms with Crippen LogP contribution in [0.3, 0.4) is 0 Å². The highest BCUT2D eigenvalue weighted by atomic mass is 16.5. The molecule has 18 heavy (non-hydrogen) atoms. The summed E-state index contributed by atoms with van der Waals surface area (Å²) in [7, 11) is 0. The van der Waals surface area contributed by atoms with Crippen molar-refractivity contribution in [3.8, 4) is 0 Å². The van der Waals surface area contributed by atoms with Gasteiger partial charge in [-0.25, -0.2) is 0 Å². The van der Waals surface area contributed by atoms with E-state index in [4.69, 9.17) is 10.5 Å². The van der Waals surface area contributed by atoms with E-state index in [0.29, 0.717) is 37.3 Å². The second-order valence-electron chi connectivity index (χ2n) is 4.63. The fraction of sp³-hybridized carbons (Fsp3) is 0.462. The van der Waals surface area contributed by atoms with Gasteiger partial charge in [0.25, 0.3) is 5.91 Å². The number of aliphatic hydroxyl groups excluding tert-OH is 1. The molecule has 1 aliphatic rings. The van der Waals surface area contributed by atoms with Gasteiger partial charge < -0.3 is 20.9 Å². The Bertz CT molecular complexity index is 428. The number of amides is 1. The minimum Gasteiger partial charge on any atom is -0.399 e. The zero-order valence-corrected chi connectivity index (χ0v) is 10.2. The van der Waals surface area contributed by atoms with Crippen molar-refractivity contribution in [2.24, 2.45) is 0 Å². The summed E-state index contributed by atoms with van der Waals surface area (Å²) in [4.78, 5) is 12.1. The molecule has 1 aliphatic heterocycles. The first-order valence-electron chi connectivity index (χ1n) is 6.02. The van der Waals surface area contributed by atoms with Gasteiger partial charge in [-0.1, -0.05) is 6.07 Å². The zero-order chi connectivity index (χ0) is 13.0. The first kappa shape index (κ1) is 12.9. The number of nitrogens with two attached hydrogens (primary N) is 1. The van der Waals surface area contributed by atoms with Gasteiger partial charge in [-0.15, -0.1) is 0 Å². The highest BCUT2D eigenvalue weighted by Gasteiger charge is 2.33. The minimum absolute atomic E-state index is 0.0790. The lowest BCUT2D eigenvalue weighted by Crippen LogP contribution is -2.54. The van der Waals surface area contributed by atoms with Crippen molar-refractivity contribution < 1.29 is 14.6 Å². The van der Waals surface area contributed by atoms with Crippen LogP contribution in [0.2, 0.25) is 0 Å². The molecule has 0 saturated carbocycles. The number of aliphatic hydroxyl groups is 1. The van der Waals surface area contributed by atoms with Crippen molar-refractivity contribution >= 4 is 11.6 Å². The molecule has 5 heteroatoms. The predicted molar refractivity (Wildman–Crippen MR) is 68.2 cm³/mol. The molecule has 0 radical (unpaired) electrons. The number of nitrogens with one attached hydrogen (secondary N) is 1. The molecule has 5 nitrogen and oxygen atoms in total. The lowest BCUT2D eigenvalue weighted by molar-refractivity contribution is 0.0125. The van der Waals surface area contributed by atoms with Gasteiger partial charge >= 0.3 is 0 Å². The Kier molecular flexibility index (Phi) is 3.84. The van der Waals surface area contributed by atoms with E-state index in [1.807, 2.05) is 0 Å². The van der Waals surface area contributed by atoms with Crippen LogP contribution in [0.5, 0.6) is 0 Å². The third-order valence-electron chi connectivity index (χ3n) is 3.28. The second-order valence-corrected chi connectivity index (χ2v) is 4.63. The number of carbonyl (C=O) groups is 1. The second kappa shape index (κ2) is 5.37. The number of ether oxygens (including phenoxy) is 1. The molecule has 1 saturated heterocycles. The van der Waals surface area contributed by atoms with Gasteiger partial charge in [0.15, 0.2) is 0 Å². The van der Waals surface area contributed by atoms with Crippen molar-refractivity contribution in [2.45, 2.75) is 18.4 Å². The van der Waals surface area contributed by atoms with Crippen LogP contribution in [0.1, 0.15) is 23.2 Å². The van der Waals surface area contributed by atoms with E-state index >= 15 is 0 Å². The molecule has 4 N–H and O–H groups in total. The summed E-state index contributed by atoms with van der Waals surface area (Å²) < 4.78 is 5.25. The molecule has 2 rings (SSSR count). The molecule has 0 aromatic heterocycles. The number of anilines is 1. The average molecular weight is 250 g/mol. The van der Waals surface area contributed by atoms with Gasteiger partial charge in [-0.3, -0.25) is 4.79 Å². The first-order valence-corrected chi connectivity index (χ1v) is 6.02. The molecule has 1 heterocycles. The molecule has 1 fully saturated rings. The van der Waals surface area contributed by atoms with Crippen LogP contribution in [0.4, 0.5) is 5.69 Å². The van der Waals surface area contributed by atoms with Crippen molar-refractivity contribution in [3.63, 3.8) is 0 Å². The Labute approximate surface area is 106 Å². The molecule has 0 bridgehead atoms. The molecule has 1 amide bonds. The summed E-state index contributed by atoms with van der Waals surface area (Å²) in [6, 6.07) is 6.79. The van der Waals surface area contributed by atoms with Crippen LogP contribution in [0.25, 0.3) is 0 Å². The Balaban J connectivity index is 2.10. The summed E-state index contributed by atoms with van der Waals surface area (Å²) in [5, 5.41) is 12.4. The molecule has 0 aliphatic carbocycles. The highest BCUT2D eigenvalue weighted by Crippen LogP contribution is 2.21. The summed E-state index contributed by atoms with van der Waals surface area (Å²) in [6.07, 6.45) is 1.25. The average Bonchev–Trinajstić information content (AvgIpc) is 2.40. The molecule has 98 valence electrons. The van der Waals surface area contributed by atoms with E-state index in [0.717, 1.165) is 0 Å². The maximum absolute atomic E-state index is 12.1. The molecule has 0 spiro atoms. The normalized spacial score (nSPS) is 18.3. The van der Waals surface area contributed by atoms with Crippen molar-refractivity contribution in [3.05, 3.63) is 29.8 Å². The summed E-state index contributed by atoms with van der Waals surface area (Å²) >= 11 is 0. The van der Waals surface area contributed by atoms with Gasteiger partial charge in [0.1, 0.15) is 0 Å². The SMILES string of the molecule is Nc1cccc(C(=O)NC2(CO)CCOCC2)c1. The van der Waals surface area contributed by atoms with Gasteiger partial charge in [-0.05, 0) is 31.0 Å². The minimum atomic E-state index is -0.570. The first-order chi connectivity index (χ1) is 8.65. The van der Waals surface area contributed by atoms with Crippen LogP contribution in [0, 0.1) is 0 Å². The largest absolute Gasteiger partial charge is 0.399 e. The van der Waals surface area contributed by atoms with Crippen LogP contribution in [-0.4, -0.2) is 36.4 Å². The van der Waals surface area contributed by atoms with E-state index in [9.17, 15) is 9.90 Å². The van der Waals surface area contributed by atoms with Crippen LogP contribution in [-0.2, 0) is 4.74 Å². The van der Waals surface area contributed by atoms with Crippen molar-refractivity contribution in [1.82, 2.24) is 5.32 Å². The summed E-state index contributed by atoms with van der Waals surface area (Å²) in [5.41, 5.74) is 6.13. The summed E-state index contributed by atoms with van der Waals surface area (Å²) in [5.74, 6) is -0.210. The van der Waals surface area contributed by atoms with Crippen LogP contribution in [0.15, 0.2) is 24.3 Å². The van der Waals surface area contributed by atoms with E-state index in [1.54, 1.807) is 24.3 Å². The van der Waals surface area contributed by atoms with E-state index in [2.05, 4.69) is 5.32 Å². The lowest BCUT2D eigenvalue weighted by atomic mass is 9.90. The van der Waals surface area contributed by atoms with Crippen molar-refractivity contribution in [2.75, 3.05) is 25.6 Å². The maximum atomic E-state index is 12.1. The number of benzene rings is 1. The van der Waals surface area contributed by atoms with Gasteiger partial charge in [0, 0.05) is 24.5 Å². The fourth-order valence-corrected chi connectivity index (χ4v) is 2.08. The number of nitrogen functional groups attached to an aromatic ring is 1. The van der Waals surface area contributed by atoms with Crippen molar-refractivity contribution in [1.29, 1.82) is 0 Å². The Morgan fingerprint density at radius 3 is 2.78 bits per heavy atom. The number of hydrogen-bond acceptors (Lipinski definition) is 4. The smallest absolute Gasteiger partial charge is 0.251 e. The molecular formula is C13H18N2O3. The van der Waals surface area contributed by atoms with Crippen LogP contribution < -0.4 is 11.1 Å². The third kappa shape index (κ3) is 2.80. The quantitative estimate of drug-likeness (QED) is 0.684. The molecule has 1 aromatic rings. The van der Waals surface area contributed by atoms with E-state index in [1.165, 1.54) is 0 Å². The molecule has 0 unspecified atom stereocenters. The van der Waals surface area contributed by atoms with Gasteiger partial charge in [0.2, 0.25) is 0 Å². The number of hydrogen-bond donors (Lipinski definition) is 3. The van der Waals surface area contributed by atoms with Gasteiger partial charge in [-0.2, -0.15) is 0 Å². The van der Waals surface area contributed by atoms with Crippen LogP contribution >= 0.6 is 0 Å². The third-order valence-corrected chi connectivity index (χ3v) is 3.28. The van der Waals surface area contributed by atoms with E-state index in [-0.39, 0.29) is 12.5 Å². The topological polar surface area (TPSA) is 84.6 Å². The van der Waals surface area contributed by atoms with E-state index < -0.39 is 5.54 Å². The Morgan fingerprint density at radius 1 is 1.44 bits per heavy atom. The number of carbonyl (C=O) groups excluding carboxylic acids is 1. The fourth-order valence-electron chi connectivity index (χ4n) is 2.08. The zero-order valence-electron chi connectivity index (χ0n) is 10.2. The standard InChI is InChI=1S/C13H18N2O3/c14-11-3-1-2-10(8-11)12(17)15-13(9-16)4-6-18-7-5-13/h1-3,8,16H,4-7,9,14H2,(H,15,17). The molecule has 1 aromatic carbocycles. The summed E-state index contributed by atoms with van der Waals surface area (Å²) in [6.45, 7) is 1.03. The Hall–Kier alpha value is -1.59. The highest BCUT2D eigenvalue weighted by molar-refractivity contribution is 5.95. The molecule has 0 atom stereocenters.